The van der Waals surface area contributed by atoms with Crippen LogP contribution in [0, 0.1) is 0 Å². The molecule has 2 rings (SSSR count). The van der Waals surface area contributed by atoms with Gasteiger partial charge in [0, 0.05) is 12.1 Å². The van der Waals surface area contributed by atoms with Crippen molar-refractivity contribution in [3.8, 4) is 5.75 Å². The minimum Gasteiger partial charge on any atom is -0.494 e. The van der Waals surface area contributed by atoms with Crippen LogP contribution in [-0.2, 0) is 4.79 Å². The number of hydrazine groups is 1. The maximum atomic E-state index is 11.7. The molecular weight excluding hydrogens is 266 g/mol. The van der Waals surface area contributed by atoms with Gasteiger partial charge in [-0.05, 0) is 37.1 Å². The average Bonchev–Trinajstić information content (AvgIpc) is 2.51. The lowest BCUT2D eigenvalue weighted by atomic mass is 10.2. The lowest BCUT2D eigenvalue weighted by molar-refractivity contribution is -0.132. The van der Waals surface area contributed by atoms with E-state index in [0.717, 1.165) is 43.0 Å². The van der Waals surface area contributed by atoms with E-state index in [2.05, 4.69) is 17.3 Å². The van der Waals surface area contributed by atoms with Gasteiger partial charge in [0.2, 0.25) is 0 Å². The van der Waals surface area contributed by atoms with Crippen LogP contribution >= 0.6 is 0 Å². The molecule has 1 aromatic rings. The van der Waals surface area contributed by atoms with Crippen molar-refractivity contribution in [3.63, 3.8) is 0 Å². The zero-order chi connectivity index (χ0) is 15.1. The van der Waals surface area contributed by atoms with E-state index in [0.29, 0.717) is 6.54 Å². The Balaban J connectivity index is 2.00. The summed E-state index contributed by atoms with van der Waals surface area (Å²) in [5.74, 6) is 1.62. The summed E-state index contributed by atoms with van der Waals surface area (Å²) < 4.78 is 5.64. The standard InChI is InChI=1S/C16H23N3O2/c1-3-5-11-21-14-8-6-13(7-9-14)16-17-12-15(20)19(18-16)10-4-2/h6-9H,3-5,10-12H2,1-2H3,(H,17,18). The van der Waals surface area contributed by atoms with Crippen LogP contribution in [0.3, 0.4) is 0 Å². The molecule has 0 bridgehead atoms. The van der Waals surface area contributed by atoms with Gasteiger partial charge >= 0.3 is 0 Å². The number of hydrogen-bond acceptors (Lipinski definition) is 4. The van der Waals surface area contributed by atoms with Crippen molar-refractivity contribution >= 4 is 11.7 Å². The predicted octanol–water partition coefficient (Wildman–Crippen LogP) is 2.37. The lowest BCUT2D eigenvalue weighted by Crippen LogP contribution is -2.51. The molecule has 1 amide bonds. The number of carbonyl (C=O) groups excluding carboxylic acids is 1. The highest BCUT2D eigenvalue weighted by molar-refractivity contribution is 6.02. The van der Waals surface area contributed by atoms with Crippen LogP contribution in [0.5, 0.6) is 5.75 Å². The first-order valence-corrected chi connectivity index (χ1v) is 7.59. The third kappa shape index (κ3) is 4.21. The normalized spacial score (nSPS) is 14.7. The Kier molecular flexibility index (Phi) is 5.60. The molecule has 0 saturated carbocycles. The van der Waals surface area contributed by atoms with Crippen LogP contribution in [-0.4, -0.2) is 36.4 Å². The minimum atomic E-state index is 0.0140. The number of nitrogens with one attached hydrogen (secondary N) is 1. The molecule has 1 aliphatic rings. The Bertz CT molecular complexity index is 497. The summed E-state index contributed by atoms with van der Waals surface area (Å²) in [5, 5.41) is 1.63. The van der Waals surface area contributed by atoms with Gasteiger partial charge in [-0.3, -0.25) is 20.2 Å². The highest BCUT2D eigenvalue weighted by atomic mass is 16.5. The van der Waals surface area contributed by atoms with Crippen molar-refractivity contribution in [2.45, 2.75) is 33.1 Å². The Morgan fingerprint density at radius 2 is 2.00 bits per heavy atom. The average molecular weight is 289 g/mol. The second-order valence-electron chi connectivity index (χ2n) is 5.05. The molecule has 1 aliphatic heterocycles. The quantitative estimate of drug-likeness (QED) is 0.784. The number of carbonyl (C=O) groups is 1. The van der Waals surface area contributed by atoms with Crippen LogP contribution in [0.25, 0.3) is 0 Å². The van der Waals surface area contributed by atoms with Crippen LogP contribution in [0.2, 0.25) is 0 Å². The maximum Gasteiger partial charge on any atom is 0.262 e. The Hall–Kier alpha value is -2.04. The fourth-order valence-corrected chi connectivity index (χ4v) is 2.06. The first-order chi connectivity index (χ1) is 10.2. The first-order valence-electron chi connectivity index (χ1n) is 7.59. The van der Waals surface area contributed by atoms with Gasteiger partial charge in [-0.25, -0.2) is 0 Å². The van der Waals surface area contributed by atoms with E-state index < -0.39 is 0 Å². The number of amides is 1. The molecule has 1 N–H and O–H groups in total. The summed E-state index contributed by atoms with van der Waals surface area (Å²) in [6, 6.07) is 7.81. The summed E-state index contributed by atoms with van der Waals surface area (Å²) in [6.45, 7) is 5.83. The molecule has 0 unspecified atom stereocenters. The van der Waals surface area contributed by atoms with E-state index in [-0.39, 0.29) is 12.5 Å². The smallest absolute Gasteiger partial charge is 0.262 e. The van der Waals surface area contributed by atoms with Crippen LogP contribution < -0.4 is 10.2 Å². The lowest BCUT2D eigenvalue weighted by Gasteiger charge is -2.28. The molecule has 114 valence electrons. The van der Waals surface area contributed by atoms with Gasteiger partial charge in [0.05, 0.1) is 6.61 Å². The molecule has 0 aliphatic carbocycles. The Morgan fingerprint density at radius 1 is 1.24 bits per heavy atom. The number of amidine groups is 1. The Labute approximate surface area is 126 Å². The molecule has 0 radical (unpaired) electrons. The molecule has 0 atom stereocenters. The van der Waals surface area contributed by atoms with Crippen LogP contribution in [0.15, 0.2) is 29.3 Å². The third-order valence-electron chi connectivity index (χ3n) is 3.26. The highest BCUT2D eigenvalue weighted by Crippen LogP contribution is 2.14. The van der Waals surface area contributed by atoms with E-state index in [4.69, 9.17) is 4.74 Å². The monoisotopic (exact) mass is 289 g/mol. The van der Waals surface area contributed by atoms with E-state index in [1.807, 2.05) is 31.2 Å². The molecule has 1 heterocycles. The zero-order valence-electron chi connectivity index (χ0n) is 12.8. The van der Waals surface area contributed by atoms with Crippen molar-refractivity contribution < 1.29 is 9.53 Å². The van der Waals surface area contributed by atoms with Crippen molar-refractivity contribution in [1.82, 2.24) is 10.4 Å². The predicted molar refractivity (Wildman–Crippen MR) is 83.4 cm³/mol. The number of benzene rings is 1. The molecule has 5 nitrogen and oxygen atoms in total. The second-order valence-corrected chi connectivity index (χ2v) is 5.05. The van der Waals surface area contributed by atoms with E-state index in [1.54, 1.807) is 5.01 Å². The van der Waals surface area contributed by atoms with E-state index in [1.165, 1.54) is 0 Å². The summed E-state index contributed by atoms with van der Waals surface area (Å²) in [6.07, 6.45) is 3.10. The summed E-state index contributed by atoms with van der Waals surface area (Å²) in [7, 11) is 0. The zero-order valence-corrected chi connectivity index (χ0v) is 12.8. The van der Waals surface area contributed by atoms with Crippen LogP contribution in [0.1, 0.15) is 38.7 Å². The fourth-order valence-electron chi connectivity index (χ4n) is 2.06. The molecule has 0 saturated heterocycles. The molecule has 0 aromatic heterocycles. The maximum absolute atomic E-state index is 11.7. The van der Waals surface area contributed by atoms with Crippen LogP contribution in [0.4, 0.5) is 0 Å². The Morgan fingerprint density at radius 3 is 2.67 bits per heavy atom. The molecule has 21 heavy (non-hydrogen) atoms. The number of aliphatic imine (C=N–C) groups is 1. The van der Waals surface area contributed by atoms with Gasteiger partial charge < -0.3 is 4.74 Å². The van der Waals surface area contributed by atoms with Crippen molar-refractivity contribution in [1.29, 1.82) is 0 Å². The summed E-state index contributed by atoms with van der Waals surface area (Å²) in [4.78, 5) is 16.0. The van der Waals surface area contributed by atoms with Crippen molar-refractivity contribution in [2.75, 3.05) is 19.7 Å². The van der Waals surface area contributed by atoms with Gasteiger partial charge in [0.25, 0.3) is 5.91 Å². The fraction of sp³-hybridized carbons (Fsp3) is 0.500. The summed E-state index contributed by atoms with van der Waals surface area (Å²) in [5.41, 5.74) is 4.05. The van der Waals surface area contributed by atoms with Gasteiger partial charge in [-0.15, -0.1) is 0 Å². The number of hydrogen-bond donors (Lipinski definition) is 1. The SMILES string of the molecule is CCCCOc1ccc(C2=NCC(=O)N(CCC)N2)cc1. The minimum absolute atomic E-state index is 0.0140. The molecular formula is C16H23N3O2. The molecule has 5 heteroatoms. The number of rotatable bonds is 7. The first kappa shape index (κ1) is 15.4. The van der Waals surface area contributed by atoms with Crippen molar-refractivity contribution in [2.24, 2.45) is 4.99 Å². The topological polar surface area (TPSA) is 53.9 Å². The van der Waals surface area contributed by atoms with Gasteiger partial charge in [-0.2, -0.15) is 0 Å². The molecule has 0 spiro atoms. The van der Waals surface area contributed by atoms with Gasteiger partial charge in [-0.1, -0.05) is 20.3 Å². The largest absolute Gasteiger partial charge is 0.494 e. The van der Waals surface area contributed by atoms with E-state index >= 15 is 0 Å². The third-order valence-corrected chi connectivity index (χ3v) is 3.26. The summed E-state index contributed by atoms with van der Waals surface area (Å²) >= 11 is 0. The highest BCUT2D eigenvalue weighted by Gasteiger charge is 2.19. The number of unbranched alkanes of at least 4 members (excludes halogenated alkanes) is 1. The van der Waals surface area contributed by atoms with Gasteiger partial charge in [0.1, 0.15) is 18.1 Å². The number of ether oxygens (including phenoxy) is 1. The second kappa shape index (κ2) is 7.67. The molecule has 0 fully saturated rings. The molecule has 1 aromatic carbocycles. The number of nitrogens with zero attached hydrogens (tertiary/aromatic N) is 2. The van der Waals surface area contributed by atoms with Gasteiger partial charge in [0.15, 0.2) is 0 Å². The van der Waals surface area contributed by atoms with Crippen molar-refractivity contribution in [3.05, 3.63) is 29.8 Å². The van der Waals surface area contributed by atoms with E-state index in [9.17, 15) is 4.79 Å².